The zero-order chi connectivity index (χ0) is 13.8. The van der Waals surface area contributed by atoms with Gasteiger partial charge in [0.05, 0.1) is 10.4 Å². The van der Waals surface area contributed by atoms with E-state index in [0.29, 0.717) is 13.2 Å². The van der Waals surface area contributed by atoms with Crippen LogP contribution < -0.4 is 10.5 Å². The molecule has 0 saturated carbocycles. The second-order valence-electron chi connectivity index (χ2n) is 4.38. The summed E-state index contributed by atoms with van der Waals surface area (Å²) in [4.78, 5) is 1.29. The van der Waals surface area contributed by atoms with Gasteiger partial charge in [-0.1, -0.05) is 6.07 Å². The molecule has 2 nitrogen and oxygen atoms in total. The molecule has 19 heavy (non-hydrogen) atoms. The summed E-state index contributed by atoms with van der Waals surface area (Å²) in [6.45, 7) is 5.41. The molecular formula is C15H18BrNOS. The summed E-state index contributed by atoms with van der Waals surface area (Å²) in [5.41, 5.74) is 8.48. The lowest BCUT2D eigenvalue weighted by Crippen LogP contribution is -2.13. The van der Waals surface area contributed by atoms with Gasteiger partial charge >= 0.3 is 0 Å². The quantitative estimate of drug-likeness (QED) is 0.880. The maximum absolute atomic E-state index is 5.97. The van der Waals surface area contributed by atoms with Crippen LogP contribution in [0.4, 0.5) is 0 Å². The predicted octanol–water partition coefficient (Wildman–Crippen LogP) is 4.31. The van der Waals surface area contributed by atoms with Gasteiger partial charge < -0.3 is 10.5 Å². The second kappa shape index (κ2) is 6.55. The van der Waals surface area contributed by atoms with Crippen molar-refractivity contribution in [3.8, 4) is 5.75 Å². The number of ether oxygens (including phenoxy) is 1. The Balaban J connectivity index is 2.33. The van der Waals surface area contributed by atoms with Crippen molar-refractivity contribution in [2.75, 3.05) is 13.2 Å². The van der Waals surface area contributed by atoms with Crippen molar-refractivity contribution in [3.05, 3.63) is 50.1 Å². The van der Waals surface area contributed by atoms with E-state index in [-0.39, 0.29) is 5.92 Å². The molecule has 102 valence electrons. The molecule has 0 radical (unpaired) electrons. The Morgan fingerprint density at radius 2 is 2.11 bits per heavy atom. The Bertz CT molecular complexity index is 553. The first-order chi connectivity index (χ1) is 9.15. The molecule has 0 spiro atoms. The lowest BCUT2D eigenvalue weighted by atomic mass is 9.93. The molecule has 0 saturated heterocycles. The van der Waals surface area contributed by atoms with Crippen LogP contribution in [0, 0.1) is 6.92 Å². The average molecular weight is 340 g/mol. The number of halogens is 1. The standard InChI is InChI=1S/C15H18BrNOS/c1-3-18-11-4-5-12(10(2)8-11)13(9-17)14-6-7-15(16)19-14/h4-8,13H,3,9,17H2,1-2H3. The fourth-order valence-corrected chi connectivity index (χ4v) is 3.76. The van der Waals surface area contributed by atoms with Crippen LogP contribution in [-0.2, 0) is 0 Å². The van der Waals surface area contributed by atoms with E-state index in [2.05, 4.69) is 47.1 Å². The minimum Gasteiger partial charge on any atom is -0.494 e. The molecule has 0 fully saturated rings. The molecule has 2 N–H and O–H groups in total. The summed E-state index contributed by atoms with van der Waals surface area (Å²) < 4.78 is 6.67. The van der Waals surface area contributed by atoms with Gasteiger partial charge in [-0.3, -0.25) is 0 Å². The minimum atomic E-state index is 0.256. The molecule has 2 aromatic rings. The molecular weight excluding hydrogens is 322 g/mol. The predicted molar refractivity (Wildman–Crippen MR) is 85.3 cm³/mol. The van der Waals surface area contributed by atoms with Crippen LogP contribution in [0.3, 0.4) is 0 Å². The molecule has 1 heterocycles. The lowest BCUT2D eigenvalue weighted by molar-refractivity contribution is 0.340. The highest BCUT2D eigenvalue weighted by atomic mass is 79.9. The van der Waals surface area contributed by atoms with Crippen molar-refractivity contribution in [1.29, 1.82) is 0 Å². The highest BCUT2D eigenvalue weighted by Crippen LogP contribution is 2.34. The Morgan fingerprint density at radius 1 is 1.32 bits per heavy atom. The van der Waals surface area contributed by atoms with E-state index in [0.717, 1.165) is 9.54 Å². The van der Waals surface area contributed by atoms with Gasteiger partial charge in [-0.2, -0.15) is 0 Å². The first-order valence-corrected chi connectivity index (χ1v) is 7.95. The van der Waals surface area contributed by atoms with E-state index in [4.69, 9.17) is 10.5 Å². The smallest absolute Gasteiger partial charge is 0.119 e. The molecule has 2 rings (SSSR count). The van der Waals surface area contributed by atoms with Crippen LogP contribution >= 0.6 is 27.3 Å². The van der Waals surface area contributed by atoms with E-state index in [1.807, 2.05) is 13.0 Å². The third-order valence-corrected chi connectivity index (χ3v) is 4.84. The third kappa shape index (κ3) is 3.38. The normalized spacial score (nSPS) is 12.4. The largest absolute Gasteiger partial charge is 0.494 e. The molecule has 0 aliphatic rings. The number of rotatable bonds is 5. The van der Waals surface area contributed by atoms with Gasteiger partial charge in [0.25, 0.3) is 0 Å². The molecule has 0 amide bonds. The highest BCUT2D eigenvalue weighted by Gasteiger charge is 2.17. The van der Waals surface area contributed by atoms with E-state index in [1.54, 1.807) is 11.3 Å². The molecule has 0 aliphatic heterocycles. The summed E-state index contributed by atoms with van der Waals surface area (Å²) >= 11 is 5.25. The summed E-state index contributed by atoms with van der Waals surface area (Å²) in [6, 6.07) is 10.5. The van der Waals surface area contributed by atoms with Crippen molar-refractivity contribution < 1.29 is 4.74 Å². The monoisotopic (exact) mass is 339 g/mol. The number of thiophene rings is 1. The SMILES string of the molecule is CCOc1ccc(C(CN)c2ccc(Br)s2)c(C)c1. The Labute approximate surface area is 126 Å². The van der Waals surface area contributed by atoms with Crippen LogP contribution in [0.25, 0.3) is 0 Å². The van der Waals surface area contributed by atoms with E-state index >= 15 is 0 Å². The van der Waals surface area contributed by atoms with Gasteiger partial charge in [0.1, 0.15) is 5.75 Å². The maximum Gasteiger partial charge on any atom is 0.119 e. The third-order valence-electron chi connectivity index (χ3n) is 3.10. The number of hydrogen-bond acceptors (Lipinski definition) is 3. The van der Waals surface area contributed by atoms with Gasteiger partial charge in [0, 0.05) is 17.3 Å². The minimum absolute atomic E-state index is 0.256. The number of aryl methyl sites for hydroxylation is 1. The van der Waals surface area contributed by atoms with Crippen LogP contribution in [0.15, 0.2) is 34.1 Å². The van der Waals surface area contributed by atoms with Crippen molar-refractivity contribution >= 4 is 27.3 Å². The average Bonchev–Trinajstić information content (AvgIpc) is 2.80. The molecule has 4 heteroatoms. The fourth-order valence-electron chi connectivity index (χ4n) is 2.21. The van der Waals surface area contributed by atoms with Gasteiger partial charge in [0.2, 0.25) is 0 Å². The molecule has 1 atom stereocenters. The summed E-state index contributed by atoms with van der Waals surface area (Å²) in [5, 5.41) is 0. The Kier molecular flexibility index (Phi) is 5.02. The molecule has 1 unspecified atom stereocenters. The topological polar surface area (TPSA) is 35.2 Å². The Hall–Kier alpha value is -0.840. The summed E-state index contributed by atoms with van der Waals surface area (Å²) in [7, 11) is 0. The van der Waals surface area contributed by atoms with Gasteiger partial charge in [-0.25, -0.2) is 0 Å². The summed E-state index contributed by atoms with van der Waals surface area (Å²) in [6.07, 6.45) is 0. The van der Waals surface area contributed by atoms with Crippen LogP contribution in [-0.4, -0.2) is 13.2 Å². The van der Waals surface area contributed by atoms with Crippen LogP contribution in [0.5, 0.6) is 5.75 Å². The van der Waals surface area contributed by atoms with Crippen LogP contribution in [0.1, 0.15) is 28.8 Å². The van der Waals surface area contributed by atoms with Gasteiger partial charge in [-0.15, -0.1) is 11.3 Å². The lowest BCUT2D eigenvalue weighted by Gasteiger charge is -2.17. The van der Waals surface area contributed by atoms with E-state index in [1.165, 1.54) is 16.0 Å². The molecule has 0 bridgehead atoms. The Morgan fingerprint density at radius 3 is 2.63 bits per heavy atom. The van der Waals surface area contributed by atoms with Crippen molar-refractivity contribution in [2.24, 2.45) is 5.73 Å². The van der Waals surface area contributed by atoms with Crippen molar-refractivity contribution in [3.63, 3.8) is 0 Å². The number of benzene rings is 1. The van der Waals surface area contributed by atoms with Gasteiger partial charge in [-0.05, 0) is 65.2 Å². The first kappa shape index (κ1) is 14.6. The molecule has 0 aliphatic carbocycles. The zero-order valence-electron chi connectivity index (χ0n) is 11.2. The second-order valence-corrected chi connectivity index (χ2v) is 6.88. The molecule has 1 aromatic heterocycles. The van der Waals surface area contributed by atoms with Crippen LogP contribution in [0.2, 0.25) is 0 Å². The number of nitrogens with two attached hydrogens (primary N) is 1. The zero-order valence-corrected chi connectivity index (χ0v) is 13.6. The number of hydrogen-bond donors (Lipinski definition) is 1. The van der Waals surface area contributed by atoms with E-state index in [9.17, 15) is 0 Å². The summed E-state index contributed by atoms with van der Waals surface area (Å²) in [5.74, 6) is 1.18. The first-order valence-electron chi connectivity index (χ1n) is 6.34. The maximum atomic E-state index is 5.97. The fraction of sp³-hybridized carbons (Fsp3) is 0.333. The van der Waals surface area contributed by atoms with E-state index < -0.39 is 0 Å². The highest BCUT2D eigenvalue weighted by molar-refractivity contribution is 9.11. The van der Waals surface area contributed by atoms with Gasteiger partial charge in [0.15, 0.2) is 0 Å². The molecule has 1 aromatic carbocycles. The van der Waals surface area contributed by atoms with Crippen molar-refractivity contribution in [1.82, 2.24) is 0 Å². The van der Waals surface area contributed by atoms with Crippen molar-refractivity contribution in [2.45, 2.75) is 19.8 Å².